The molecule has 1 aromatic carbocycles. The lowest BCUT2D eigenvalue weighted by Gasteiger charge is -2.59. The van der Waals surface area contributed by atoms with Gasteiger partial charge in [0.1, 0.15) is 16.6 Å². The fraction of sp³-hybridized carbons (Fsp3) is 0.605. The molecule has 1 aromatic rings. The van der Waals surface area contributed by atoms with Gasteiger partial charge in [-0.3, -0.25) is 9.59 Å². The molecule has 3 N–H and O–H groups in total. The third-order valence-corrected chi connectivity index (χ3v) is 11.7. The number of esters is 1. The van der Waals surface area contributed by atoms with E-state index >= 15 is 9.59 Å². The van der Waals surface area contributed by atoms with E-state index in [1.54, 1.807) is 6.92 Å². The number of carbonyl (C=O) groups excluding carboxylic acids is 3. The average Bonchev–Trinajstić information content (AvgIpc) is 3.28. The van der Waals surface area contributed by atoms with E-state index in [4.69, 9.17) is 9.47 Å². The molecule has 2 saturated carbocycles. The normalized spacial score (nSPS) is 34.1. The maximum Gasteiger partial charge on any atom is 0.343 e. The molecule has 0 amide bonds. The predicted molar refractivity (Wildman–Crippen MR) is 174 cm³/mol. The number of fused-ring (bicyclic) bond motifs is 1. The highest BCUT2D eigenvalue weighted by Gasteiger charge is 2.78. The Bertz CT molecular complexity index is 1580. The third-order valence-electron chi connectivity index (χ3n) is 11.7. The Labute approximate surface area is 272 Å². The monoisotopic (exact) mass is 634 g/mol. The molecule has 1 heterocycles. The largest absolute Gasteiger partial charge is 0.504 e. The first-order valence-corrected chi connectivity index (χ1v) is 16.4. The highest BCUT2D eigenvalue weighted by molar-refractivity contribution is 6.21. The predicted octanol–water partition coefficient (Wildman–Crippen LogP) is 7.47. The van der Waals surface area contributed by atoms with Crippen LogP contribution in [0.2, 0.25) is 0 Å². The summed E-state index contributed by atoms with van der Waals surface area (Å²) in [6, 6.07) is 3.53. The fourth-order valence-electron chi connectivity index (χ4n) is 8.91. The van der Waals surface area contributed by atoms with Crippen LogP contribution in [0.1, 0.15) is 118 Å². The van der Waals surface area contributed by atoms with Gasteiger partial charge in [-0.05, 0) is 108 Å². The number of phenols is 2. The second-order valence-electron chi connectivity index (χ2n) is 16.4. The van der Waals surface area contributed by atoms with Crippen molar-refractivity contribution in [2.75, 3.05) is 0 Å². The van der Waals surface area contributed by atoms with Crippen LogP contribution in [0.5, 0.6) is 11.5 Å². The van der Waals surface area contributed by atoms with Crippen LogP contribution in [0.25, 0.3) is 0 Å². The van der Waals surface area contributed by atoms with Crippen LogP contribution in [-0.2, 0) is 19.1 Å². The summed E-state index contributed by atoms with van der Waals surface area (Å²) in [5.74, 6) is -3.02. The van der Waals surface area contributed by atoms with E-state index in [2.05, 4.69) is 19.9 Å². The Morgan fingerprint density at radius 1 is 0.957 bits per heavy atom. The number of allylic oxidation sites excluding steroid dienone is 6. The first kappa shape index (κ1) is 34.0. The van der Waals surface area contributed by atoms with E-state index in [0.29, 0.717) is 25.7 Å². The Morgan fingerprint density at radius 3 is 2.20 bits per heavy atom. The van der Waals surface area contributed by atoms with Crippen LogP contribution < -0.4 is 0 Å². The van der Waals surface area contributed by atoms with Crippen molar-refractivity contribution >= 4 is 17.5 Å². The topological polar surface area (TPSA) is 130 Å². The first-order chi connectivity index (χ1) is 21.1. The van der Waals surface area contributed by atoms with Crippen molar-refractivity contribution in [3.8, 4) is 11.5 Å². The van der Waals surface area contributed by atoms with Gasteiger partial charge in [-0.1, -0.05) is 51.0 Å². The molecule has 5 rings (SSSR count). The van der Waals surface area contributed by atoms with Crippen LogP contribution in [0, 0.1) is 27.6 Å². The van der Waals surface area contributed by atoms with Crippen LogP contribution in [0.3, 0.4) is 0 Å². The number of aromatic hydroxyl groups is 2. The zero-order chi connectivity index (χ0) is 34.3. The molecular weight excluding hydrogens is 584 g/mol. The molecule has 46 heavy (non-hydrogen) atoms. The van der Waals surface area contributed by atoms with Crippen molar-refractivity contribution in [1.82, 2.24) is 0 Å². The smallest absolute Gasteiger partial charge is 0.343 e. The lowest BCUT2D eigenvalue weighted by atomic mass is 9.40. The van der Waals surface area contributed by atoms with Gasteiger partial charge in [0.2, 0.25) is 11.5 Å². The number of benzene rings is 1. The Hall–Kier alpha value is -3.39. The van der Waals surface area contributed by atoms with Crippen LogP contribution in [0.15, 0.2) is 53.0 Å². The summed E-state index contributed by atoms with van der Waals surface area (Å²) in [5.41, 5.74) is -4.35. The molecule has 0 radical (unpaired) electrons. The van der Waals surface area contributed by atoms with Crippen molar-refractivity contribution in [1.29, 1.82) is 0 Å². The standard InChI is InChI=1S/C38H50O8/c1-22(2)10-12-25-19-36-21-37(17-16-33(5,6)20-35(37,9)44)46-30(36)28(45-31(42)24-11-13-26(39)27(40)18-24)29(41)38(32(36)43,34(25,7)8)15-14-23(3)4/h10-11,13-14,18,25,39-40,44H,12,15-17,19-21H2,1-9H3/t25-,35-,36+,37-,38-/m0/s1. The lowest BCUT2D eigenvalue weighted by Crippen LogP contribution is -2.66. The molecule has 1 aliphatic heterocycles. The number of aliphatic hydroxyl groups is 1. The van der Waals surface area contributed by atoms with Gasteiger partial charge in [-0.2, -0.15) is 0 Å². The molecular formula is C38H50O8. The zero-order valence-electron chi connectivity index (χ0n) is 28.8. The summed E-state index contributed by atoms with van der Waals surface area (Å²) >= 11 is 0. The zero-order valence-corrected chi connectivity index (χ0v) is 28.8. The Morgan fingerprint density at radius 2 is 1.61 bits per heavy atom. The van der Waals surface area contributed by atoms with E-state index < -0.39 is 50.7 Å². The summed E-state index contributed by atoms with van der Waals surface area (Å²) in [6.07, 6.45) is 7.07. The quantitative estimate of drug-likeness (QED) is 0.127. The third kappa shape index (κ3) is 4.94. The van der Waals surface area contributed by atoms with Crippen molar-refractivity contribution < 1.29 is 39.2 Å². The maximum absolute atomic E-state index is 15.3. The van der Waals surface area contributed by atoms with E-state index in [1.807, 2.05) is 47.6 Å². The Kier molecular flexibility index (Phi) is 7.99. The van der Waals surface area contributed by atoms with E-state index in [0.717, 1.165) is 23.6 Å². The molecule has 3 fully saturated rings. The lowest BCUT2D eigenvalue weighted by molar-refractivity contribution is -0.183. The van der Waals surface area contributed by atoms with Gasteiger partial charge in [0, 0.05) is 6.42 Å². The average molecular weight is 635 g/mol. The van der Waals surface area contributed by atoms with Gasteiger partial charge in [-0.25, -0.2) is 4.79 Å². The summed E-state index contributed by atoms with van der Waals surface area (Å²) < 4.78 is 12.8. The molecule has 250 valence electrons. The number of hydrogen-bond donors (Lipinski definition) is 3. The fourth-order valence-corrected chi connectivity index (χ4v) is 8.91. The molecule has 1 saturated heterocycles. The SMILES string of the molecule is CC(C)=CC[C@H]1C[C@@]23C[C@]4(CCC(C)(C)C[C@]4(C)O)OC2=C(OC(=O)c2ccc(O)c(O)c2)C(=O)[C@@](CC=C(C)C)(C3=O)C1(C)C. The van der Waals surface area contributed by atoms with Gasteiger partial charge >= 0.3 is 5.97 Å². The van der Waals surface area contributed by atoms with Crippen LogP contribution in [0.4, 0.5) is 0 Å². The summed E-state index contributed by atoms with van der Waals surface area (Å²) in [5, 5.41) is 32.0. The summed E-state index contributed by atoms with van der Waals surface area (Å²) in [6.45, 7) is 17.8. The summed E-state index contributed by atoms with van der Waals surface area (Å²) in [7, 11) is 0. The molecule has 8 heteroatoms. The van der Waals surface area contributed by atoms with Gasteiger partial charge in [0.25, 0.3) is 0 Å². The summed E-state index contributed by atoms with van der Waals surface area (Å²) in [4.78, 5) is 44.1. The number of Topliss-reactive ketones (excluding diaryl/α,β-unsaturated/α-hetero) is 2. The first-order valence-electron chi connectivity index (χ1n) is 16.4. The molecule has 2 bridgehead atoms. The molecule has 0 aromatic heterocycles. The molecule has 4 aliphatic rings. The number of ketones is 2. The van der Waals surface area contributed by atoms with E-state index in [1.165, 1.54) is 12.1 Å². The Balaban J connectivity index is 1.77. The highest BCUT2D eigenvalue weighted by atomic mass is 16.6. The molecule has 0 unspecified atom stereocenters. The number of hydrogen-bond acceptors (Lipinski definition) is 8. The number of rotatable bonds is 6. The van der Waals surface area contributed by atoms with Gasteiger partial charge < -0.3 is 24.8 Å². The second-order valence-corrected chi connectivity index (χ2v) is 16.4. The van der Waals surface area contributed by atoms with E-state index in [9.17, 15) is 20.1 Å². The van der Waals surface area contributed by atoms with E-state index in [-0.39, 0.29) is 47.0 Å². The van der Waals surface area contributed by atoms with Crippen molar-refractivity contribution in [2.45, 2.75) is 118 Å². The number of ether oxygens (including phenoxy) is 2. The molecule has 2 spiro atoms. The van der Waals surface area contributed by atoms with Crippen molar-refractivity contribution in [2.24, 2.45) is 27.6 Å². The second kappa shape index (κ2) is 10.8. The van der Waals surface area contributed by atoms with Crippen molar-refractivity contribution in [3.05, 3.63) is 58.6 Å². The van der Waals surface area contributed by atoms with Crippen molar-refractivity contribution in [3.63, 3.8) is 0 Å². The minimum atomic E-state index is -1.56. The maximum atomic E-state index is 15.3. The number of carbonyl (C=O) groups is 3. The van der Waals surface area contributed by atoms with Gasteiger partial charge in [-0.15, -0.1) is 0 Å². The van der Waals surface area contributed by atoms with Gasteiger partial charge in [0.15, 0.2) is 23.0 Å². The minimum absolute atomic E-state index is 0.0457. The molecule has 3 aliphatic carbocycles. The number of phenolic OH excluding ortho intramolecular Hbond substituents is 2. The van der Waals surface area contributed by atoms with Crippen LogP contribution in [-0.4, -0.2) is 44.1 Å². The molecule has 5 atom stereocenters. The minimum Gasteiger partial charge on any atom is -0.504 e. The highest BCUT2D eigenvalue weighted by Crippen LogP contribution is 2.72. The van der Waals surface area contributed by atoms with Gasteiger partial charge in [0.05, 0.1) is 11.0 Å². The van der Waals surface area contributed by atoms with Crippen LogP contribution >= 0.6 is 0 Å². The molecule has 8 nitrogen and oxygen atoms in total.